The molecule has 0 saturated carbocycles. The third-order valence-corrected chi connectivity index (χ3v) is 3.89. The molecule has 0 aliphatic rings. The molecule has 0 aliphatic carbocycles. The summed E-state index contributed by atoms with van der Waals surface area (Å²) in [7, 11) is 0. The summed E-state index contributed by atoms with van der Waals surface area (Å²) in [4.78, 5) is 4.24. The lowest BCUT2D eigenvalue weighted by Gasteiger charge is -2.07. The molecule has 0 fully saturated rings. The predicted molar refractivity (Wildman–Crippen MR) is 98.1 cm³/mol. The molecular formula is C21H23F2NO. The van der Waals surface area contributed by atoms with Crippen LogP contribution in [0.1, 0.15) is 37.3 Å². The number of hydrogen-bond donors (Lipinski definition) is 1. The topological polar surface area (TPSA) is 33.1 Å². The average molecular weight is 343 g/mol. The first-order chi connectivity index (χ1) is 12.0. The fourth-order valence-electron chi connectivity index (χ4n) is 2.51. The van der Waals surface area contributed by atoms with Crippen molar-refractivity contribution >= 4 is 6.08 Å². The summed E-state index contributed by atoms with van der Waals surface area (Å²) >= 11 is 0. The Kier molecular flexibility index (Phi) is 7.02. The molecule has 1 heterocycles. The SMILES string of the molecule is C=CCc1ccc(-c2ccc(/C=C/CCCC(C)O)cn2)c(F)c1F. The Balaban J connectivity index is 2.08. The van der Waals surface area contributed by atoms with E-state index in [1.54, 1.807) is 31.3 Å². The number of rotatable bonds is 8. The maximum absolute atomic E-state index is 14.2. The number of unbranched alkanes of at least 4 members (excludes halogenated alkanes) is 1. The van der Waals surface area contributed by atoms with Crippen LogP contribution in [0.2, 0.25) is 0 Å². The Morgan fingerprint density at radius 1 is 1.20 bits per heavy atom. The van der Waals surface area contributed by atoms with E-state index in [-0.39, 0.29) is 23.7 Å². The van der Waals surface area contributed by atoms with Crippen LogP contribution in [0.3, 0.4) is 0 Å². The molecule has 25 heavy (non-hydrogen) atoms. The van der Waals surface area contributed by atoms with Gasteiger partial charge in [0.25, 0.3) is 0 Å². The summed E-state index contributed by atoms with van der Waals surface area (Å²) in [6.07, 6.45) is 9.70. The van der Waals surface area contributed by atoms with Gasteiger partial charge in [0.15, 0.2) is 11.6 Å². The number of pyridine rings is 1. The highest BCUT2D eigenvalue weighted by molar-refractivity contribution is 5.62. The third-order valence-electron chi connectivity index (χ3n) is 3.89. The largest absolute Gasteiger partial charge is 0.393 e. The first-order valence-corrected chi connectivity index (χ1v) is 8.41. The van der Waals surface area contributed by atoms with E-state index in [0.717, 1.165) is 24.8 Å². The molecule has 4 heteroatoms. The monoisotopic (exact) mass is 343 g/mol. The van der Waals surface area contributed by atoms with E-state index in [2.05, 4.69) is 11.6 Å². The van der Waals surface area contributed by atoms with E-state index in [4.69, 9.17) is 0 Å². The Labute approximate surface area is 147 Å². The van der Waals surface area contributed by atoms with Gasteiger partial charge in [-0.1, -0.05) is 30.4 Å². The highest BCUT2D eigenvalue weighted by atomic mass is 19.2. The summed E-state index contributed by atoms with van der Waals surface area (Å²) in [5.74, 6) is -1.73. The molecule has 2 rings (SSSR count). The van der Waals surface area contributed by atoms with Crippen molar-refractivity contribution in [2.75, 3.05) is 0 Å². The molecule has 132 valence electrons. The minimum Gasteiger partial charge on any atom is -0.393 e. The van der Waals surface area contributed by atoms with Gasteiger partial charge in [-0.05, 0) is 55.9 Å². The van der Waals surface area contributed by atoms with Gasteiger partial charge >= 0.3 is 0 Å². The zero-order chi connectivity index (χ0) is 18.2. The van der Waals surface area contributed by atoms with Gasteiger partial charge in [0.2, 0.25) is 0 Å². The molecule has 2 aromatic rings. The first kappa shape index (κ1) is 19.0. The molecule has 1 aromatic carbocycles. The van der Waals surface area contributed by atoms with Gasteiger partial charge in [-0.15, -0.1) is 6.58 Å². The Morgan fingerprint density at radius 3 is 2.64 bits per heavy atom. The van der Waals surface area contributed by atoms with Crippen molar-refractivity contribution in [1.82, 2.24) is 4.98 Å². The highest BCUT2D eigenvalue weighted by Crippen LogP contribution is 2.25. The summed E-state index contributed by atoms with van der Waals surface area (Å²) < 4.78 is 28.3. The van der Waals surface area contributed by atoms with E-state index in [1.807, 2.05) is 18.2 Å². The molecule has 0 spiro atoms. The van der Waals surface area contributed by atoms with Gasteiger partial charge in [-0.3, -0.25) is 4.98 Å². The van der Waals surface area contributed by atoms with Crippen molar-refractivity contribution in [3.05, 3.63) is 72.0 Å². The van der Waals surface area contributed by atoms with E-state index < -0.39 is 11.6 Å². The van der Waals surface area contributed by atoms with Gasteiger partial charge in [0.1, 0.15) is 0 Å². The van der Waals surface area contributed by atoms with Crippen molar-refractivity contribution in [2.45, 2.75) is 38.7 Å². The van der Waals surface area contributed by atoms with Crippen LogP contribution in [-0.4, -0.2) is 16.2 Å². The minimum absolute atomic E-state index is 0.151. The molecule has 1 unspecified atom stereocenters. The molecule has 2 nitrogen and oxygen atoms in total. The maximum Gasteiger partial charge on any atom is 0.168 e. The van der Waals surface area contributed by atoms with Crippen LogP contribution < -0.4 is 0 Å². The number of nitrogens with zero attached hydrogens (tertiary/aromatic N) is 1. The quantitative estimate of drug-likeness (QED) is 0.520. The number of aliphatic hydroxyl groups is 1. The third kappa shape index (κ3) is 5.33. The van der Waals surface area contributed by atoms with Crippen LogP contribution in [0.15, 0.2) is 49.2 Å². The lowest BCUT2D eigenvalue weighted by atomic mass is 10.0. The zero-order valence-corrected chi connectivity index (χ0v) is 14.4. The van der Waals surface area contributed by atoms with Gasteiger partial charge in [0, 0.05) is 11.8 Å². The highest BCUT2D eigenvalue weighted by Gasteiger charge is 2.14. The van der Waals surface area contributed by atoms with Gasteiger partial charge in [-0.2, -0.15) is 0 Å². The predicted octanol–water partition coefficient (Wildman–Crippen LogP) is 5.32. The molecule has 0 bridgehead atoms. The van der Waals surface area contributed by atoms with Crippen LogP contribution in [0.4, 0.5) is 8.78 Å². The molecular weight excluding hydrogens is 320 g/mol. The van der Waals surface area contributed by atoms with Crippen LogP contribution in [0.25, 0.3) is 17.3 Å². The van der Waals surface area contributed by atoms with Crippen LogP contribution in [0, 0.1) is 11.6 Å². The van der Waals surface area contributed by atoms with Gasteiger partial charge in [0.05, 0.1) is 11.8 Å². The number of halogens is 2. The van der Waals surface area contributed by atoms with Crippen molar-refractivity contribution in [3.8, 4) is 11.3 Å². The smallest absolute Gasteiger partial charge is 0.168 e. The number of allylic oxidation sites excluding steroid dienone is 2. The minimum atomic E-state index is -0.881. The van der Waals surface area contributed by atoms with Crippen LogP contribution in [0.5, 0.6) is 0 Å². The standard InChI is InChI=1S/C21H23F2NO/c1-3-7-17-11-12-18(21(23)20(17)22)19-13-10-16(14-24-19)9-6-4-5-8-15(2)25/h3,6,9-15,25H,1,4-5,7-8H2,2H3/b9-6+. The lowest BCUT2D eigenvalue weighted by molar-refractivity contribution is 0.182. The molecule has 1 atom stereocenters. The summed E-state index contributed by atoms with van der Waals surface area (Å²) in [6.45, 7) is 5.32. The molecule has 0 amide bonds. The molecule has 1 aromatic heterocycles. The Morgan fingerprint density at radius 2 is 2.00 bits per heavy atom. The Hall–Kier alpha value is -2.33. The molecule has 1 N–H and O–H groups in total. The van der Waals surface area contributed by atoms with Crippen molar-refractivity contribution in [1.29, 1.82) is 0 Å². The number of benzene rings is 1. The van der Waals surface area contributed by atoms with Crippen molar-refractivity contribution < 1.29 is 13.9 Å². The molecule has 0 saturated heterocycles. The number of aliphatic hydroxyl groups excluding tert-OH is 1. The number of hydrogen-bond acceptors (Lipinski definition) is 2. The summed E-state index contributed by atoms with van der Waals surface area (Å²) in [5.41, 5.74) is 1.73. The normalized spacial score (nSPS) is 12.5. The second-order valence-electron chi connectivity index (χ2n) is 6.05. The zero-order valence-electron chi connectivity index (χ0n) is 14.4. The van der Waals surface area contributed by atoms with E-state index in [9.17, 15) is 13.9 Å². The average Bonchev–Trinajstić information content (AvgIpc) is 2.59. The number of aromatic nitrogens is 1. The second-order valence-corrected chi connectivity index (χ2v) is 6.05. The van der Waals surface area contributed by atoms with E-state index in [1.165, 1.54) is 6.08 Å². The van der Waals surface area contributed by atoms with Gasteiger partial charge < -0.3 is 5.11 Å². The fraction of sp³-hybridized carbons (Fsp3) is 0.286. The first-order valence-electron chi connectivity index (χ1n) is 8.41. The van der Waals surface area contributed by atoms with E-state index in [0.29, 0.717) is 5.69 Å². The lowest BCUT2D eigenvalue weighted by Crippen LogP contribution is -1.97. The molecule has 0 radical (unpaired) electrons. The second kappa shape index (κ2) is 9.23. The van der Waals surface area contributed by atoms with Crippen molar-refractivity contribution in [3.63, 3.8) is 0 Å². The van der Waals surface area contributed by atoms with Gasteiger partial charge in [-0.25, -0.2) is 8.78 Å². The maximum atomic E-state index is 14.2. The summed E-state index contributed by atoms with van der Waals surface area (Å²) in [6, 6.07) is 6.61. The van der Waals surface area contributed by atoms with Crippen LogP contribution >= 0.6 is 0 Å². The summed E-state index contributed by atoms with van der Waals surface area (Å²) in [5, 5.41) is 9.20. The van der Waals surface area contributed by atoms with E-state index >= 15 is 0 Å². The fourth-order valence-corrected chi connectivity index (χ4v) is 2.51. The van der Waals surface area contributed by atoms with Crippen molar-refractivity contribution in [2.24, 2.45) is 0 Å². The van der Waals surface area contributed by atoms with Crippen LogP contribution in [-0.2, 0) is 6.42 Å². The molecule has 0 aliphatic heterocycles. The Bertz CT molecular complexity index is 736.